The summed E-state index contributed by atoms with van der Waals surface area (Å²) in [6, 6.07) is 5.32. The number of nitrogens with one attached hydrogen (secondary N) is 3. The zero-order chi connectivity index (χ0) is 19.9. The van der Waals surface area contributed by atoms with Gasteiger partial charge in [-0.25, -0.2) is 9.78 Å². The molecule has 0 saturated heterocycles. The SMILES string of the molecule is Cc1cc(NCCCCN)nc(NC(=O)Nc2cccc(C(F)(F)F)c2)n1. The summed E-state index contributed by atoms with van der Waals surface area (Å²) in [5, 5.41) is 7.86. The predicted octanol–water partition coefficient (Wildman–Crippen LogP) is 3.60. The molecule has 0 fully saturated rings. The normalized spacial score (nSPS) is 11.1. The fourth-order valence-electron chi connectivity index (χ4n) is 2.24. The van der Waals surface area contributed by atoms with Crippen LogP contribution in [0.2, 0.25) is 0 Å². The number of alkyl halides is 3. The summed E-state index contributed by atoms with van der Waals surface area (Å²) in [5.41, 5.74) is 5.22. The number of rotatable bonds is 7. The van der Waals surface area contributed by atoms with Crippen LogP contribution in [0.4, 0.5) is 35.4 Å². The van der Waals surface area contributed by atoms with Crippen molar-refractivity contribution in [1.82, 2.24) is 9.97 Å². The molecule has 2 amide bonds. The number of urea groups is 1. The lowest BCUT2D eigenvalue weighted by atomic mass is 10.2. The highest BCUT2D eigenvalue weighted by Gasteiger charge is 2.30. The van der Waals surface area contributed by atoms with Crippen LogP contribution in [-0.2, 0) is 6.18 Å². The first kappa shape index (κ1) is 20.4. The third-order valence-electron chi connectivity index (χ3n) is 3.46. The highest BCUT2D eigenvalue weighted by atomic mass is 19.4. The molecular weight excluding hydrogens is 361 g/mol. The second-order valence-corrected chi connectivity index (χ2v) is 5.80. The van der Waals surface area contributed by atoms with E-state index in [1.54, 1.807) is 13.0 Å². The third kappa shape index (κ3) is 6.74. The minimum absolute atomic E-state index is 0.00936. The number of hydrogen-bond acceptors (Lipinski definition) is 5. The number of hydrogen-bond donors (Lipinski definition) is 4. The lowest BCUT2D eigenvalue weighted by Gasteiger charge is -2.11. The molecule has 1 aromatic carbocycles. The predicted molar refractivity (Wildman–Crippen MR) is 97.6 cm³/mol. The molecule has 7 nitrogen and oxygen atoms in total. The van der Waals surface area contributed by atoms with Crippen molar-refractivity contribution in [2.24, 2.45) is 5.73 Å². The van der Waals surface area contributed by atoms with Crippen LogP contribution in [0, 0.1) is 6.92 Å². The van der Waals surface area contributed by atoms with Gasteiger partial charge in [0.15, 0.2) is 0 Å². The summed E-state index contributed by atoms with van der Waals surface area (Å²) in [4.78, 5) is 20.3. The molecule has 10 heteroatoms. The number of nitrogens with two attached hydrogens (primary N) is 1. The molecule has 0 spiro atoms. The van der Waals surface area contributed by atoms with Crippen LogP contribution >= 0.6 is 0 Å². The molecule has 0 aliphatic carbocycles. The van der Waals surface area contributed by atoms with Crippen LogP contribution in [0.3, 0.4) is 0 Å². The molecule has 27 heavy (non-hydrogen) atoms. The van der Waals surface area contributed by atoms with Crippen LogP contribution in [0.1, 0.15) is 24.1 Å². The summed E-state index contributed by atoms with van der Waals surface area (Å²) < 4.78 is 38.2. The van der Waals surface area contributed by atoms with Crippen molar-refractivity contribution in [2.45, 2.75) is 25.9 Å². The molecule has 0 radical (unpaired) electrons. The largest absolute Gasteiger partial charge is 0.416 e. The van der Waals surface area contributed by atoms with Gasteiger partial charge in [-0.2, -0.15) is 18.2 Å². The summed E-state index contributed by atoms with van der Waals surface area (Å²) in [5.74, 6) is 0.578. The third-order valence-corrected chi connectivity index (χ3v) is 3.46. The number of carbonyl (C=O) groups excluding carboxylic acids is 1. The lowest BCUT2D eigenvalue weighted by Crippen LogP contribution is -2.22. The maximum absolute atomic E-state index is 12.7. The fraction of sp³-hybridized carbons (Fsp3) is 0.353. The van der Waals surface area contributed by atoms with E-state index in [9.17, 15) is 18.0 Å². The Morgan fingerprint density at radius 2 is 1.93 bits per heavy atom. The monoisotopic (exact) mass is 382 g/mol. The molecule has 2 aromatic rings. The Morgan fingerprint density at radius 3 is 2.63 bits per heavy atom. The molecule has 0 atom stereocenters. The number of aromatic nitrogens is 2. The van der Waals surface area contributed by atoms with Gasteiger partial charge in [0.2, 0.25) is 5.95 Å². The number of carbonyl (C=O) groups is 1. The quantitative estimate of drug-likeness (QED) is 0.548. The topological polar surface area (TPSA) is 105 Å². The van der Waals surface area contributed by atoms with Crippen molar-refractivity contribution in [3.63, 3.8) is 0 Å². The summed E-state index contributed by atoms with van der Waals surface area (Å²) in [6.07, 6.45) is -2.74. The van der Waals surface area contributed by atoms with Gasteiger partial charge < -0.3 is 16.4 Å². The van der Waals surface area contributed by atoms with E-state index in [-0.39, 0.29) is 11.6 Å². The Morgan fingerprint density at radius 1 is 1.15 bits per heavy atom. The molecule has 1 heterocycles. The van der Waals surface area contributed by atoms with E-state index in [1.807, 2.05) is 0 Å². The minimum Gasteiger partial charge on any atom is -0.370 e. The fourth-order valence-corrected chi connectivity index (χ4v) is 2.24. The minimum atomic E-state index is -4.49. The lowest BCUT2D eigenvalue weighted by molar-refractivity contribution is -0.137. The van der Waals surface area contributed by atoms with Crippen LogP contribution in [0.25, 0.3) is 0 Å². The van der Waals surface area contributed by atoms with E-state index in [1.165, 1.54) is 12.1 Å². The van der Waals surface area contributed by atoms with E-state index < -0.39 is 17.8 Å². The standard InChI is InChI=1S/C17H21F3N6O/c1-11-9-14(22-8-3-2-7-21)25-15(23-11)26-16(27)24-13-6-4-5-12(10-13)17(18,19)20/h4-6,9-10H,2-3,7-8,21H2,1H3,(H3,22,23,24,25,26,27). The second-order valence-electron chi connectivity index (χ2n) is 5.80. The van der Waals surface area contributed by atoms with Crippen molar-refractivity contribution >= 4 is 23.5 Å². The van der Waals surface area contributed by atoms with Crippen molar-refractivity contribution in [3.8, 4) is 0 Å². The molecule has 5 N–H and O–H groups in total. The smallest absolute Gasteiger partial charge is 0.370 e. The van der Waals surface area contributed by atoms with E-state index >= 15 is 0 Å². The molecule has 0 unspecified atom stereocenters. The Kier molecular flexibility index (Phi) is 6.94. The first-order valence-electron chi connectivity index (χ1n) is 8.33. The maximum atomic E-state index is 12.7. The molecule has 0 aliphatic heterocycles. The van der Waals surface area contributed by atoms with Crippen molar-refractivity contribution in [1.29, 1.82) is 0 Å². The molecule has 0 aliphatic rings. The van der Waals surface area contributed by atoms with E-state index in [0.29, 0.717) is 24.6 Å². The van der Waals surface area contributed by atoms with Gasteiger partial charge in [0.05, 0.1) is 5.56 Å². The van der Waals surface area contributed by atoms with Gasteiger partial charge in [0.1, 0.15) is 5.82 Å². The van der Waals surface area contributed by atoms with Crippen LogP contribution < -0.4 is 21.7 Å². The van der Waals surface area contributed by atoms with Crippen molar-refractivity contribution < 1.29 is 18.0 Å². The Balaban J connectivity index is 2.00. The van der Waals surface area contributed by atoms with Crippen molar-refractivity contribution in [2.75, 3.05) is 29.0 Å². The summed E-state index contributed by atoms with van der Waals surface area (Å²) in [7, 11) is 0. The van der Waals surface area contributed by atoms with Gasteiger partial charge in [-0.15, -0.1) is 0 Å². The number of nitrogens with zero attached hydrogens (tertiary/aromatic N) is 2. The van der Waals surface area contributed by atoms with Crippen molar-refractivity contribution in [3.05, 3.63) is 41.6 Å². The first-order chi connectivity index (χ1) is 12.8. The number of unbranched alkanes of at least 4 members (excludes halogenated alkanes) is 1. The Hall–Kier alpha value is -2.88. The molecule has 1 aromatic heterocycles. The summed E-state index contributed by atoms with van der Waals surface area (Å²) >= 11 is 0. The Labute approximate surface area is 154 Å². The number of benzene rings is 1. The van der Waals surface area contributed by atoms with E-state index in [0.717, 1.165) is 25.0 Å². The van der Waals surface area contributed by atoms with Gasteiger partial charge in [0.25, 0.3) is 0 Å². The molecule has 146 valence electrons. The number of halogens is 3. The van der Waals surface area contributed by atoms with Crippen LogP contribution in [-0.4, -0.2) is 29.1 Å². The van der Waals surface area contributed by atoms with Gasteiger partial charge in [-0.3, -0.25) is 5.32 Å². The molecular formula is C17H21F3N6O. The molecule has 2 rings (SSSR count). The number of anilines is 3. The average Bonchev–Trinajstić information content (AvgIpc) is 2.57. The highest BCUT2D eigenvalue weighted by Crippen LogP contribution is 2.30. The summed E-state index contributed by atoms with van der Waals surface area (Å²) in [6.45, 7) is 3.01. The van der Waals surface area contributed by atoms with Gasteiger partial charge >= 0.3 is 12.2 Å². The van der Waals surface area contributed by atoms with Gasteiger partial charge in [-0.05, 0) is 44.5 Å². The Bertz CT molecular complexity index is 782. The van der Waals surface area contributed by atoms with E-state index in [4.69, 9.17) is 5.73 Å². The number of amides is 2. The highest BCUT2D eigenvalue weighted by molar-refractivity contribution is 5.98. The van der Waals surface area contributed by atoms with Gasteiger partial charge in [0, 0.05) is 24.0 Å². The zero-order valence-corrected chi connectivity index (χ0v) is 14.7. The maximum Gasteiger partial charge on any atom is 0.416 e. The number of aryl methyl sites for hydroxylation is 1. The second kappa shape index (κ2) is 9.17. The van der Waals surface area contributed by atoms with E-state index in [2.05, 4.69) is 25.9 Å². The molecule has 0 saturated carbocycles. The van der Waals surface area contributed by atoms with Crippen LogP contribution in [0.5, 0.6) is 0 Å². The van der Waals surface area contributed by atoms with Crippen LogP contribution in [0.15, 0.2) is 30.3 Å². The molecule has 0 bridgehead atoms. The first-order valence-corrected chi connectivity index (χ1v) is 8.33. The zero-order valence-electron chi connectivity index (χ0n) is 14.7. The average molecular weight is 382 g/mol. The van der Waals surface area contributed by atoms with Gasteiger partial charge in [-0.1, -0.05) is 6.07 Å².